The lowest BCUT2D eigenvalue weighted by atomic mass is 9.88. The van der Waals surface area contributed by atoms with Crippen LogP contribution in [0.25, 0.3) is 0 Å². The van der Waals surface area contributed by atoms with Gasteiger partial charge in [-0.15, -0.1) is 0 Å². The molecule has 1 amide bonds. The molecule has 8 heteroatoms. The summed E-state index contributed by atoms with van der Waals surface area (Å²) < 4.78 is 39.7. The number of Topliss-reactive ketones (excluding diaryl/α,β-unsaturated/α-hetero) is 1. The van der Waals surface area contributed by atoms with E-state index in [1.54, 1.807) is 0 Å². The van der Waals surface area contributed by atoms with Crippen molar-refractivity contribution < 1.29 is 27.6 Å². The molecule has 140 valence electrons. The van der Waals surface area contributed by atoms with Crippen LogP contribution in [0.5, 0.6) is 0 Å². The van der Waals surface area contributed by atoms with E-state index in [4.69, 9.17) is 4.84 Å². The van der Waals surface area contributed by atoms with Crippen LogP contribution >= 0.6 is 0 Å². The van der Waals surface area contributed by atoms with Crippen molar-refractivity contribution in [2.24, 2.45) is 5.16 Å². The first-order valence-electron chi connectivity index (χ1n) is 8.48. The van der Waals surface area contributed by atoms with Crippen molar-refractivity contribution in [1.29, 1.82) is 0 Å². The first-order chi connectivity index (χ1) is 12.2. The molecule has 1 aliphatic heterocycles. The fraction of sp³-hybridized carbons (Fsp3) is 0.500. The number of hydrogen-bond donors (Lipinski definition) is 1. The molecule has 0 spiro atoms. The quantitative estimate of drug-likeness (QED) is 0.830. The van der Waals surface area contributed by atoms with Crippen molar-refractivity contribution in [3.05, 3.63) is 35.4 Å². The SMILES string of the molecule is CC(=O)C1(C(=O)NC2CCCC2)CC(c2ccccc2C(F)(F)F)=NO1. The molecule has 0 radical (unpaired) electrons. The first kappa shape index (κ1) is 18.4. The summed E-state index contributed by atoms with van der Waals surface area (Å²) >= 11 is 0. The predicted molar refractivity (Wildman–Crippen MR) is 87.5 cm³/mol. The van der Waals surface area contributed by atoms with Crippen LogP contribution in [0, 0.1) is 0 Å². The third-order valence-electron chi connectivity index (χ3n) is 4.90. The van der Waals surface area contributed by atoms with Gasteiger partial charge in [0.05, 0.1) is 17.7 Å². The van der Waals surface area contributed by atoms with Gasteiger partial charge >= 0.3 is 6.18 Å². The van der Waals surface area contributed by atoms with Crippen LogP contribution < -0.4 is 5.32 Å². The number of alkyl halides is 3. The van der Waals surface area contributed by atoms with E-state index >= 15 is 0 Å². The molecular formula is C18H19F3N2O3. The lowest BCUT2D eigenvalue weighted by molar-refractivity contribution is -0.155. The third-order valence-corrected chi connectivity index (χ3v) is 4.90. The largest absolute Gasteiger partial charge is 0.417 e. The molecule has 0 saturated heterocycles. The van der Waals surface area contributed by atoms with E-state index in [9.17, 15) is 22.8 Å². The minimum atomic E-state index is -4.58. The average molecular weight is 368 g/mol. The molecule has 1 aromatic carbocycles. The number of oxime groups is 1. The van der Waals surface area contributed by atoms with Gasteiger partial charge in [0.15, 0.2) is 5.78 Å². The van der Waals surface area contributed by atoms with Gasteiger partial charge in [-0.3, -0.25) is 9.59 Å². The van der Waals surface area contributed by atoms with Gasteiger partial charge in [0.1, 0.15) is 0 Å². The van der Waals surface area contributed by atoms with Crippen molar-refractivity contribution >= 4 is 17.4 Å². The Morgan fingerprint density at radius 1 is 1.23 bits per heavy atom. The second kappa shape index (κ2) is 6.74. The van der Waals surface area contributed by atoms with Crippen LogP contribution in [-0.4, -0.2) is 29.0 Å². The lowest BCUT2D eigenvalue weighted by Crippen LogP contribution is -2.54. The van der Waals surface area contributed by atoms with Crippen LogP contribution in [0.2, 0.25) is 0 Å². The zero-order chi connectivity index (χ0) is 18.9. The zero-order valence-corrected chi connectivity index (χ0v) is 14.2. The van der Waals surface area contributed by atoms with Gasteiger partial charge in [-0.05, 0) is 25.8 Å². The van der Waals surface area contributed by atoms with E-state index in [0.717, 1.165) is 31.7 Å². The van der Waals surface area contributed by atoms with Crippen molar-refractivity contribution in [1.82, 2.24) is 5.32 Å². The molecule has 1 aromatic rings. The molecule has 1 N–H and O–H groups in total. The summed E-state index contributed by atoms with van der Waals surface area (Å²) in [6, 6.07) is 4.86. The Morgan fingerprint density at radius 2 is 1.88 bits per heavy atom. The Hall–Kier alpha value is -2.38. The Labute approximate surface area is 148 Å². The summed E-state index contributed by atoms with van der Waals surface area (Å²) in [7, 11) is 0. The number of carbonyl (C=O) groups excluding carboxylic acids is 2. The van der Waals surface area contributed by atoms with Gasteiger partial charge in [-0.2, -0.15) is 13.2 Å². The number of hydrogen-bond acceptors (Lipinski definition) is 4. The van der Waals surface area contributed by atoms with E-state index in [0.29, 0.717) is 0 Å². The van der Waals surface area contributed by atoms with E-state index in [1.165, 1.54) is 25.1 Å². The maximum absolute atomic E-state index is 13.2. The van der Waals surface area contributed by atoms with Crippen LogP contribution in [0.15, 0.2) is 29.4 Å². The van der Waals surface area contributed by atoms with Crippen LogP contribution in [0.3, 0.4) is 0 Å². The predicted octanol–water partition coefficient (Wildman–Crippen LogP) is 3.22. The number of carbonyl (C=O) groups is 2. The minimum absolute atomic E-state index is 0.0474. The number of amides is 1. The van der Waals surface area contributed by atoms with Gasteiger partial charge in [0.2, 0.25) is 0 Å². The van der Waals surface area contributed by atoms with Crippen LogP contribution in [0.1, 0.15) is 50.2 Å². The monoisotopic (exact) mass is 368 g/mol. The number of nitrogens with zero attached hydrogens (tertiary/aromatic N) is 1. The van der Waals surface area contributed by atoms with E-state index in [1.807, 2.05) is 0 Å². The normalized spacial score (nSPS) is 23.5. The molecule has 5 nitrogen and oxygen atoms in total. The number of benzene rings is 1. The first-order valence-corrected chi connectivity index (χ1v) is 8.48. The number of rotatable bonds is 4. The summed E-state index contributed by atoms with van der Waals surface area (Å²) in [5.41, 5.74) is -3.03. The van der Waals surface area contributed by atoms with E-state index in [-0.39, 0.29) is 23.7 Å². The molecule has 1 aliphatic carbocycles. The highest BCUT2D eigenvalue weighted by Gasteiger charge is 2.52. The second-order valence-corrected chi connectivity index (χ2v) is 6.69. The maximum Gasteiger partial charge on any atom is 0.417 e. The smallest absolute Gasteiger partial charge is 0.370 e. The minimum Gasteiger partial charge on any atom is -0.370 e. The summed E-state index contributed by atoms with van der Waals surface area (Å²) in [6.45, 7) is 1.18. The van der Waals surface area contributed by atoms with Gasteiger partial charge in [-0.25, -0.2) is 0 Å². The lowest BCUT2D eigenvalue weighted by Gasteiger charge is -2.24. The molecule has 1 atom stereocenters. The molecule has 2 aliphatic rings. The maximum atomic E-state index is 13.2. The van der Waals surface area contributed by atoms with Crippen molar-refractivity contribution in [3.63, 3.8) is 0 Å². The molecule has 1 saturated carbocycles. The summed E-state index contributed by atoms with van der Waals surface area (Å²) in [6.07, 6.45) is -1.31. The highest BCUT2D eigenvalue weighted by Crippen LogP contribution is 2.36. The van der Waals surface area contributed by atoms with Crippen LogP contribution in [-0.2, 0) is 20.6 Å². The van der Waals surface area contributed by atoms with Crippen molar-refractivity contribution in [3.8, 4) is 0 Å². The average Bonchev–Trinajstić information content (AvgIpc) is 3.24. The van der Waals surface area contributed by atoms with Gasteiger partial charge in [0.25, 0.3) is 11.5 Å². The third kappa shape index (κ3) is 3.32. The molecule has 1 unspecified atom stereocenters. The Kier molecular flexibility index (Phi) is 4.77. The van der Waals surface area contributed by atoms with E-state index in [2.05, 4.69) is 10.5 Å². The molecule has 26 heavy (non-hydrogen) atoms. The standard InChI is InChI=1S/C18H19F3N2O3/c1-11(24)17(16(25)22-12-6-2-3-7-12)10-15(23-26-17)13-8-4-5-9-14(13)18(19,20)21/h4-5,8-9,12H,2-3,6-7,10H2,1H3,(H,22,25). The van der Waals surface area contributed by atoms with Gasteiger partial charge in [0, 0.05) is 11.6 Å². The van der Waals surface area contributed by atoms with Gasteiger partial charge < -0.3 is 10.2 Å². The number of halogens is 3. The molecule has 0 aromatic heterocycles. The van der Waals surface area contributed by atoms with E-state index < -0.39 is 29.0 Å². The highest BCUT2D eigenvalue weighted by atomic mass is 19.4. The summed E-state index contributed by atoms with van der Waals surface area (Å²) in [4.78, 5) is 30.0. The molecule has 1 fully saturated rings. The molecule has 3 rings (SSSR count). The Morgan fingerprint density at radius 3 is 2.50 bits per heavy atom. The molecule has 1 heterocycles. The molecule has 0 bridgehead atoms. The van der Waals surface area contributed by atoms with Crippen molar-refractivity contribution in [2.45, 2.75) is 56.8 Å². The Balaban J connectivity index is 1.86. The highest BCUT2D eigenvalue weighted by molar-refractivity contribution is 6.16. The number of nitrogens with one attached hydrogen (secondary N) is 1. The fourth-order valence-electron chi connectivity index (χ4n) is 3.40. The van der Waals surface area contributed by atoms with Crippen molar-refractivity contribution in [2.75, 3.05) is 0 Å². The second-order valence-electron chi connectivity index (χ2n) is 6.69. The van der Waals surface area contributed by atoms with Crippen LogP contribution in [0.4, 0.5) is 13.2 Å². The summed E-state index contributed by atoms with van der Waals surface area (Å²) in [5.74, 6) is -1.23. The Bertz CT molecular complexity index is 754. The number of ketones is 1. The zero-order valence-electron chi connectivity index (χ0n) is 14.2. The summed E-state index contributed by atoms with van der Waals surface area (Å²) in [5, 5.41) is 6.47. The molecular weight excluding hydrogens is 349 g/mol. The van der Waals surface area contributed by atoms with Gasteiger partial charge in [-0.1, -0.05) is 36.2 Å². The fourth-order valence-corrected chi connectivity index (χ4v) is 3.40. The topological polar surface area (TPSA) is 67.8 Å².